The zero-order valence-electron chi connectivity index (χ0n) is 8.46. The van der Waals surface area contributed by atoms with Crippen molar-refractivity contribution >= 4 is 12.0 Å². The van der Waals surface area contributed by atoms with Crippen LogP contribution in [0.3, 0.4) is 0 Å². The van der Waals surface area contributed by atoms with E-state index in [-0.39, 0.29) is 0 Å². The molecule has 0 radical (unpaired) electrons. The Balaban J connectivity index is 2.20. The van der Waals surface area contributed by atoms with Gasteiger partial charge in [0.2, 0.25) is 5.88 Å². The van der Waals surface area contributed by atoms with E-state index in [1.807, 2.05) is 0 Å². The van der Waals surface area contributed by atoms with Crippen LogP contribution in [0, 0.1) is 0 Å². The third-order valence-electron chi connectivity index (χ3n) is 1.97. The van der Waals surface area contributed by atoms with Gasteiger partial charge >= 0.3 is 0 Å². The van der Waals surface area contributed by atoms with Gasteiger partial charge in [-0.05, 0) is 30.3 Å². The van der Waals surface area contributed by atoms with Crippen LogP contribution in [0.4, 0.5) is 5.69 Å². The number of hydrogen-bond donors (Lipinski definition) is 1. The van der Waals surface area contributed by atoms with Gasteiger partial charge in [-0.1, -0.05) is 6.07 Å². The Hall–Kier alpha value is -2.36. The minimum atomic E-state index is 0.341. The number of carbonyl (C=O) groups is 1. The highest BCUT2D eigenvalue weighted by atomic mass is 16.5. The Morgan fingerprint density at radius 3 is 2.56 bits per heavy atom. The first-order valence-corrected chi connectivity index (χ1v) is 4.73. The second kappa shape index (κ2) is 4.44. The van der Waals surface area contributed by atoms with Gasteiger partial charge in [0, 0.05) is 11.8 Å². The standard InChI is InChI=1S/C12H10N2O2/c13-9-4-6-11(7-5-9)16-12-3-1-2-10(8-15)14-12/h1-8H,13H2. The van der Waals surface area contributed by atoms with Crippen LogP contribution < -0.4 is 10.5 Å². The van der Waals surface area contributed by atoms with E-state index >= 15 is 0 Å². The molecule has 1 heterocycles. The van der Waals surface area contributed by atoms with Gasteiger partial charge in [0.25, 0.3) is 0 Å². The van der Waals surface area contributed by atoms with Crippen molar-refractivity contribution in [1.82, 2.24) is 4.98 Å². The summed E-state index contributed by atoms with van der Waals surface area (Å²) in [5.41, 5.74) is 6.56. The minimum absolute atomic E-state index is 0.341. The number of carbonyl (C=O) groups excluding carboxylic acids is 1. The molecule has 0 spiro atoms. The lowest BCUT2D eigenvalue weighted by molar-refractivity contribution is 0.111. The largest absolute Gasteiger partial charge is 0.439 e. The number of nitrogens with zero attached hydrogens (tertiary/aromatic N) is 1. The van der Waals surface area contributed by atoms with Crippen molar-refractivity contribution in [2.75, 3.05) is 5.73 Å². The van der Waals surface area contributed by atoms with Gasteiger partial charge in [-0.25, -0.2) is 4.98 Å². The fraction of sp³-hybridized carbons (Fsp3) is 0. The molecule has 2 N–H and O–H groups in total. The summed E-state index contributed by atoms with van der Waals surface area (Å²) in [7, 11) is 0. The summed E-state index contributed by atoms with van der Waals surface area (Å²) in [6.45, 7) is 0. The van der Waals surface area contributed by atoms with Crippen LogP contribution >= 0.6 is 0 Å². The van der Waals surface area contributed by atoms with Crippen molar-refractivity contribution in [3.63, 3.8) is 0 Å². The summed E-state index contributed by atoms with van der Waals surface area (Å²) in [4.78, 5) is 14.5. The molecule has 0 saturated heterocycles. The summed E-state index contributed by atoms with van der Waals surface area (Å²) in [5.74, 6) is 1.01. The number of rotatable bonds is 3. The fourth-order valence-corrected chi connectivity index (χ4v) is 1.21. The van der Waals surface area contributed by atoms with Crippen LogP contribution in [0.15, 0.2) is 42.5 Å². The third-order valence-corrected chi connectivity index (χ3v) is 1.97. The Morgan fingerprint density at radius 1 is 1.12 bits per heavy atom. The molecule has 2 aromatic rings. The van der Waals surface area contributed by atoms with E-state index in [1.165, 1.54) is 0 Å². The molecule has 0 aliphatic carbocycles. The molecule has 2 rings (SSSR count). The summed E-state index contributed by atoms with van der Waals surface area (Å²) in [5, 5.41) is 0. The quantitative estimate of drug-likeness (QED) is 0.628. The van der Waals surface area contributed by atoms with E-state index in [2.05, 4.69) is 4.98 Å². The average molecular weight is 214 g/mol. The first-order valence-electron chi connectivity index (χ1n) is 4.73. The van der Waals surface area contributed by atoms with Crippen molar-refractivity contribution in [1.29, 1.82) is 0 Å². The predicted molar refractivity (Wildman–Crippen MR) is 60.6 cm³/mol. The number of nitrogen functional groups attached to an aromatic ring is 1. The van der Waals surface area contributed by atoms with E-state index in [4.69, 9.17) is 10.5 Å². The molecule has 0 fully saturated rings. The molecular weight excluding hydrogens is 204 g/mol. The Labute approximate surface area is 92.7 Å². The molecule has 0 atom stereocenters. The van der Waals surface area contributed by atoms with Gasteiger partial charge < -0.3 is 10.5 Å². The van der Waals surface area contributed by atoms with E-state index < -0.39 is 0 Å². The zero-order valence-corrected chi connectivity index (χ0v) is 8.46. The topological polar surface area (TPSA) is 65.2 Å². The molecule has 1 aromatic heterocycles. The van der Waals surface area contributed by atoms with Crippen LogP contribution in [0.1, 0.15) is 10.5 Å². The molecule has 0 saturated carbocycles. The van der Waals surface area contributed by atoms with Gasteiger partial charge in [0.15, 0.2) is 6.29 Å². The molecule has 0 amide bonds. The van der Waals surface area contributed by atoms with Gasteiger partial charge in [-0.15, -0.1) is 0 Å². The van der Waals surface area contributed by atoms with E-state index in [0.29, 0.717) is 29.3 Å². The lowest BCUT2D eigenvalue weighted by Gasteiger charge is -2.04. The summed E-state index contributed by atoms with van der Waals surface area (Å²) >= 11 is 0. The maximum atomic E-state index is 10.5. The van der Waals surface area contributed by atoms with Gasteiger partial charge in [-0.3, -0.25) is 4.79 Å². The highest BCUT2D eigenvalue weighted by molar-refractivity contribution is 5.71. The molecule has 0 aliphatic heterocycles. The number of aldehydes is 1. The summed E-state index contributed by atoms with van der Waals surface area (Å²) < 4.78 is 5.45. The van der Waals surface area contributed by atoms with Crippen molar-refractivity contribution < 1.29 is 9.53 Å². The molecule has 4 heteroatoms. The molecule has 16 heavy (non-hydrogen) atoms. The number of ether oxygens (including phenoxy) is 1. The number of hydrogen-bond acceptors (Lipinski definition) is 4. The van der Waals surface area contributed by atoms with E-state index in [0.717, 1.165) is 0 Å². The molecule has 0 aliphatic rings. The van der Waals surface area contributed by atoms with Gasteiger partial charge in [-0.2, -0.15) is 0 Å². The maximum absolute atomic E-state index is 10.5. The smallest absolute Gasteiger partial charge is 0.219 e. The third kappa shape index (κ3) is 2.36. The Kier molecular flexibility index (Phi) is 2.82. The molecule has 0 unspecified atom stereocenters. The maximum Gasteiger partial charge on any atom is 0.219 e. The van der Waals surface area contributed by atoms with E-state index in [9.17, 15) is 4.79 Å². The van der Waals surface area contributed by atoms with Crippen LogP contribution in [0.2, 0.25) is 0 Å². The van der Waals surface area contributed by atoms with Crippen molar-refractivity contribution in [2.24, 2.45) is 0 Å². The van der Waals surface area contributed by atoms with Crippen molar-refractivity contribution in [3.05, 3.63) is 48.2 Å². The van der Waals surface area contributed by atoms with Crippen LogP contribution in [0.25, 0.3) is 0 Å². The van der Waals surface area contributed by atoms with Crippen LogP contribution in [-0.4, -0.2) is 11.3 Å². The normalized spacial score (nSPS) is 9.75. The minimum Gasteiger partial charge on any atom is -0.439 e. The summed E-state index contributed by atoms with van der Waals surface area (Å²) in [6, 6.07) is 12.0. The monoisotopic (exact) mass is 214 g/mol. The number of anilines is 1. The van der Waals surface area contributed by atoms with Crippen LogP contribution in [0.5, 0.6) is 11.6 Å². The predicted octanol–water partition coefficient (Wildman–Crippen LogP) is 2.27. The molecule has 80 valence electrons. The molecular formula is C12H10N2O2. The molecule has 1 aromatic carbocycles. The van der Waals surface area contributed by atoms with Crippen molar-refractivity contribution in [2.45, 2.75) is 0 Å². The van der Waals surface area contributed by atoms with E-state index in [1.54, 1.807) is 42.5 Å². The molecule has 0 bridgehead atoms. The lowest BCUT2D eigenvalue weighted by Crippen LogP contribution is -1.92. The SMILES string of the molecule is Nc1ccc(Oc2cccc(C=O)n2)cc1. The number of benzene rings is 1. The highest BCUT2D eigenvalue weighted by Gasteiger charge is 1.99. The van der Waals surface area contributed by atoms with Crippen LogP contribution in [-0.2, 0) is 0 Å². The summed E-state index contributed by atoms with van der Waals surface area (Å²) in [6.07, 6.45) is 0.676. The van der Waals surface area contributed by atoms with Crippen molar-refractivity contribution in [3.8, 4) is 11.6 Å². The first kappa shape index (κ1) is 10.2. The van der Waals surface area contributed by atoms with Gasteiger partial charge in [0.1, 0.15) is 11.4 Å². The lowest BCUT2D eigenvalue weighted by atomic mass is 10.3. The Morgan fingerprint density at radius 2 is 1.88 bits per heavy atom. The Bertz CT molecular complexity index is 495. The second-order valence-corrected chi connectivity index (χ2v) is 3.19. The highest BCUT2D eigenvalue weighted by Crippen LogP contribution is 2.20. The zero-order chi connectivity index (χ0) is 11.4. The fourth-order valence-electron chi connectivity index (χ4n) is 1.21. The average Bonchev–Trinajstić information content (AvgIpc) is 2.32. The van der Waals surface area contributed by atoms with Gasteiger partial charge in [0.05, 0.1) is 0 Å². The molecule has 4 nitrogen and oxygen atoms in total. The first-order chi connectivity index (χ1) is 7.78. The number of aromatic nitrogens is 1. The second-order valence-electron chi connectivity index (χ2n) is 3.19. The number of pyridine rings is 1. The number of nitrogens with two attached hydrogens (primary N) is 1.